The molecule has 26 heavy (non-hydrogen) atoms. The third-order valence-corrected chi connectivity index (χ3v) is 5.65. The van der Waals surface area contributed by atoms with Gasteiger partial charge in [-0.2, -0.15) is 0 Å². The van der Waals surface area contributed by atoms with E-state index in [-0.39, 0.29) is 5.91 Å². The number of hydrogen-bond donors (Lipinski definition) is 0. The molecule has 1 amide bonds. The molecule has 2 fully saturated rings. The minimum absolute atomic E-state index is 0.0872. The van der Waals surface area contributed by atoms with E-state index in [1.165, 1.54) is 18.4 Å². The summed E-state index contributed by atoms with van der Waals surface area (Å²) in [6.45, 7) is 3.78. The van der Waals surface area contributed by atoms with Gasteiger partial charge in [0, 0.05) is 26.2 Å². The lowest BCUT2D eigenvalue weighted by Gasteiger charge is -2.32. The van der Waals surface area contributed by atoms with Gasteiger partial charge in [0.15, 0.2) is 0 Å². The van der Waals surface area contributed by atoms with Crippen LogP contribution in [0.1, 0.15) is 41.7 Å². The molecule has 2 aliphatic heterocycles. The topological polar surface area (TPSA) is 36.4 Å². The summed E-state index contributed by atoms with van der Waals surface area (Å²) in [7, 11) is 0. The standard InChI is InChI=1S/C22H27N3O/c26-22(20-9-6-10-21(23-20)24-13-4-5-14-24)25-15-11-19(12-16-25)17-18-7-2-1-3-8-18/h1-3,6-10,19H,4-5,11-17H2. The summed E-state index contributed by atoms with van der Waals surface area (Å²) < 4.78 is 0. The molecule has 0 spiro atoms. The number of amides is 1. The molecule has 1 aromatic heterocycles. The van der Waals surface area contributed by atoms with Gasteiger partial charge in [0.1, 0.15) is 11.5 Å². The van der Waals surface area contributed by atoms with Crippen LogP contribution in [-0.2, 0) is 6.42 Å². The van der Waals surface area contributed by atoms with Crippen LogP contribution in [0.25, 0.3) is 0 Å². The van der Waals surface area contributed by atoms with E-state index in [9.17, 15) is 4.79 Å². The highest BCUT2D eigenvalue weighted by Gasteiger charge is 2.25. The highest BCUT2D eigenvalue weighted by Crippen LogP contribution is 2.23. The average molecular weight is 349 g/mol. The van der Waals surface area contributed by atoms with Gasteiger partial charge in [0.25, 0.3) is 5.91 Å². The van der Waals surface area contributed by atoms with Crippen molar-refractivity contribution in [1.29, 1.82) is 0 Å². The van der Waals surface area contributed by atoms with Crippen molar-refractivity contribution in [3.05, 3.63) is 59.8 Å². The predicted molar refractivity (Wildman–Crippen MR) is 104 cm³/mol. The maximum Gasteiger partial charge on any atom is 0.272 e. The fourth-order valence-corrected chi connectivity index (χ4v) is 4.11. The summed E-state index contributed by atoms with van der Waals surface area (Å²) in [5, 5.41) is 0. The Labute approximate surface area is 155 Å². The summed E-state index contributed by atoms with van der Waals surface area (Å²) in [4.78, 5) is 21.8. The highest BCUT2D eigenvalue weighted by molar-refractivity contribution is 5.92. The Morgan fingerprint density at radius 2 is 1.65 bits per heavy atom. The van der Waals surface area contributed by atoms with E-state index in [2.05, 4.69) is 40.2 Å². The van der Waals surface area contributed by atoms with Gasteiger partial charge in [0.05, 0.1) is 0 Å². The first-order valence-electron chi connectivity index (χ1n) is 9.85. The first kappa shape index (κ1) is 17.1. The van der Waals surface area contributed by atoms with Crippen LogP contribution >= 0.6 is 0 Å². The molecule has 4 nitrogen and oxygen atoms in total. The third kappa shape index (κ3) is 3.90. The predicted octanol–water partition coefficient (Wildman–Crippen LogP) is 3.78. The number of carbonyl (C=O) groups is 1. The van der Waals surface area contributed by atoms with E-state index in [1.54, 1.807) is 0 Å². The van der Waals surface area contributed by atoms with E-state index < -0.39 is 0 Å². The molecule has 2 aromatic rings. The number of anilines is 1. The average Bonchev–Trinajstić information content (AvgIpc) is 3.24. The highest BCUT2D eigenvalue weighted by atomic mass is 16.2. The van der Waals surface area contributed by atoms with E-state index in [4.69, 9.17) is 0 Å². The molecule has 0 aliphatic carbocycles. The van der Waals surface area contributed by atoms with E-state index in [1.807, 2.05) is 23.1 Å². The smallest absolute Gasteiger partial charge is 0.272 e. The normalized spacial score (nSPS) is 18.3. The molecule has 2 aliphatic rings. The van der Waals surface area contributed by atoms with Crippen molar-refractivity contribution >= 4 is 11.7 Å². The van der Waals surface area contributed by atoms with E-state index in [0.29, 0.717) is 11.6 Å². The van der Waals surface area contributed by atoms with Gasteiger partial charge in [-0.1, -0.05) is 36.4 Å². The molecule has 2 saturated heterocycles. The van der Waals surface area contributed by atoms with Crippen LogP contribution in [0.5, 0.6) is 0 Å². The van der Waals surface area contributed by atoms with Gasteiger partial charge in [-0.05, 0) is 55.7 Å². The lowest BCUT2D eigenvalue weighted by atomic mass is 9.90. The molecular formula is C22H27N3O. The molecule has 4 rings (SSSR count). The fourth-order valence-electron chi connectivity index (χ4n) is 4.11. The van der Waals surface area contributed by atoms with Crippen LogP contribution < -0.4 is 4.90 Å². The van der Waals surface area contributed by atoms with Crippen molar-refractivity contribution in [2.24, 2.45) is 5.92 Å². The number of nitrogens with zero attached hydrogens (tertiary/aromatic N) is 3. The first-order valence-corrected chi connectivity index (χ1v) is 9.85. The van der Waals surface area contributed by atoms with E-state index >= 15 is 0 Å². The number of aromatic nitrogens is 1. The number of piperidine rings is 1. The summed E-state index contributed by atoms with van der Waals surface area (Å²) in [5.41, 5.74) is 1.99. The lowest BCUT2D eigenvalue weighted by molar-refractivity contribution is 0.0684. The Kier molecular flexibility index (Phi) is 5.19. The van der Waals surface area contributed by atoms with Gasteiger partial charge >= 0.3 is 0 Å². The van der Waals surface area contributed by atoms with Crippen LogP contribution in [0.2, 0.25) is 0 Å². The number of rotatable bonds is 4. The minimum Gasteiger partial charge on any atom is -0.357 e. The van der Waals surface area contributed by atoms with Gasteiger partial charge in [-0.15, -0.1) is 0 Å². The Bertz CT molecular complexity index is 732. The second-order valence-corrected chi connectivity index (χ2v) is 7.50. The zero-order valence-electron chi connectivity index (χ0n) is 15.3. The lowest BCUT2D eigenvalue weighted by Crippen LogP contribution is -2.39. The second-order valence-electron chi connectivity index (χ2n) is 7.50. The van der Waals surface area contributed by atoms with Crippen LogP contribution in [0.3, 0.4) is 0 Å². The molecule has 136 valence electrons. The molecule has 0 atom stereocenters. The Hall–Kier alpha value is -2.36. The van der Waals surface area contributed by atoms with Crippen molar-refractivity contribution in [1.82, 2.24) is 9.88 Å². The number of carbonyl (C=O) groups excluding carboxylic acids is 1. The van der Waals surface area contributed by atoms with Gasteiger partial charge in [-0.25, -0.2) is 4.98 Å². The third-order valence-electron chi connectivity index (χ3n) is 5.65. The van der Waals surface area contributed by atoms with Crippen LogP contribution in [0.15, 0.2) is 48.5 Å². The largest absolute Gasteiger partial charge is 0.357 e. The SMILES string of the molecule is O=C(c1cccc(N2CCCC2)n1)N1CCC(Cc2ccccc2)CC1. The summed E-state index contributed by atoms with van der Waals surface area (Å²) in [6, 6.07) is 16.5. The molecular weight excluding hydrogens is 322 g/mol. The quantitative estimate of drug-likeness (QED) is 0.843. The number of benzene rings is 1. The number of likely N-dealkylation sites (tertiary alicyclic amines) is 1. The van der Waals surface area contributed by atoms with Crippen molar-refractivity contribution in [2.45, 2.75) is 32.1 Å². The molecule has 4 heteroatoms. The zero-order valence-corrected chi connectivity index (χ0v) is 15.3. The maximum atomic E-state index is 12.9. The van der Waals surface area contributed by atoms with Crippen molar-refractivity contribution in [3.8, 4) is 0 Å². The Morgan fingerprint density at radius 3 is 2.38 bits per heavy atom. The molecule has 1 aromatic carbocycles. The van der Waals surface area contributed by atoms with Crippen molar-refractivity contribution < 1.29 is 4.79 Å². The first-order chi connectivity index (χ1) is 12.8. The fraction of sp³-hybridized carbons (Fsp3) is 0.455. The van der Waals surface area contributed by atoms with Crippen molar-refractivity contribution in [3.63, 3.8) is 0 Å². The molecule has 0 N–H and O–H groups in total. The van der Waals surface area contributed by atoms with Crippen LogP contribution in [-0.4, -0.2) is 42.0 Å². The van der Waals surface area contributed by atoms with Crippen LogP contribution in [0.4, 0.5) is 5.82 Å². The molecule has 0 radical (unpaired) electrons. The molecule has 0 bridgehead atoms. The zero-order chi connectivity index (χ0) is 17.8. The van der Waals surface area contributed by atoms with Gasteiger partial charge in [-0.3, -0.25) is 4.79 Å². The van der Waals surface area contributed by atoms with Gasteiger partial charge < -0.3 is 9.80 Å². The number of pyridine rings is 1. The molecule has 3 heterocycles. The van der Waals surface area contributed by atoms with Crippen LogP contribution in [0, 0.1) is 5.92 Å². The summed E-state index contributed by atoms with van der Waals surface area (Å²) in [6.07, 6.45) is 5.70. The van der Waals surface area contributed by atoms with Gasteiger partial charge in [0.2, 0.25) is 0 Å². The Morgan fingerprint density at radius 1 is 0.923 bits per heavy atom. The maximum absolute atomic E-state index is 12.9. The van der Waals surface area contributed by atoms with Crippen molar-refractivity contribution in [2.75, 3.05) is 31.1 Å². The van der Waals surface area contributed by atoms with E-state index in [0.717, 1.165) is 51.3 Å². The molecule has 0 saturated carbocycles. The number of hydrogen-bond acceptors (Lipinski definition) is 3. The summed E-state index contributed by atoms with van der Waals surface area (Å²) >= 11 is 0. The molecule has 0 unspecified atom stereocenters. The second kappa shape index (κ2) is 7.90. The monoisotopic (exact) mass is 349 g/mol. The Balaban J connectivity index is 1.35. The summed E-state index contributed by atoms with van der Waals surface area (Å²) in [5.74, 6) is 1.71. The minimum atomic E-state index is 0.0872.